The molecule has 0 saturated heterocycles. The lowest BCUT2D eigenvalue weighted by molar-refractivity contribution is 0.279. The lowest BCUT2D eigenvalue weighted by Gasteiger charge is -2.14. The average molecular weight is 439 g/mol. The molecule has 0 bridgehead atoms. The Kier molecular flexibility index (Phi) is 12.5. The number of hydrogen-bond donors (Lipinski definition) is 0. The van der Waals surface area contributed by atoms with E-state index in [9.17, 15) is 0 Å². The fourth-order valence-electron chi connectivity index (χ4n) is 3.58. The molecule has 2 rings (SSSR count). The molecule has 1 atom stereocenters. The van der Waals surface area contributed by atoms with Gasteiger partial charge in [0.1, 0.15) is 5.75 Å². The molecule has 0 N–H and O–H groups in total. The largest absolute Gasteiger partial charge is 0.493 e. The second-order valence-electron chi connectivity index (χ2n) is 8.94. The minimum absolute atomic E-state index is 0.443. The number of benzene rings is 1. The Labute approximate surface area is 195 Å². The summed E-state index contributed by atoms with van der Waals surface area (Å²) < 4.78 is 12.0. The van der Waals surface area contributed by atoms with Gasteiger partial charge < -0.3 is 9.47 Å². The van der Waals surface area contributed by atoms with Crippen LogP contribution in [0.15, 0.2) is 48.2 Å². The fraction of sp³-hybridized carbons (Fsp3) is 0.571. The average Bonchev–Trinajstić information content (AvgIpc) is 2.79. The van der Waals surface area contributed by atoms with Gasteiger partial charge in [0.15, 0.2) is 0 Å². The lowest BCUT2D eigenvalue weighted by Crippen LogP contribution is -2.05. The third kappa shape index (κ3) is 10.3. The Morgan fingerprint density at radius 2 is 1.72 bits per heavy atom. The molecule has 4 nitrogen and oxygen atoms in total. The van der Waals surface area contributed by atoms with Gasteiger partial charge in [-0.1, -0.05) is 69.7 Å². The first-order valence-electron chi connectivity index (χ1n) is 12.4. The zero-order chi connectivity index (χ0) is 23.0. The molecule has 0 radical (unpaired) electrons. The SMILES string of the molecule is CCCCCCCCOc1nccc(-c2ccccc2OCC[C@@H](C)CCC=C(C)C)n1. The van der Waals surface area contributed by atoms with Crippen molar-refractivity contribution >= 4 is 0 Å². The molecule has 32 heavy (non-hydrogen) atoms. The van der Waals surface area contributed by atoms with Crippen molar-refractivity contribution in [3.8, 4) is 23.0 Å². The monoisotopic (exact) mass is 438 g/mol. The number of para-hydroxylation sites is 1. The summed E-state index contributed by atoms with van der Waals surface area (Å²) in [5.74, 6) is 1.50. The van der Waals surface area contributed by atoms with Crippen LogP contribution < -0.4 is 9.47 Å². The topological polar surface area (TPSA) is 44.2 Å². The van der Waals surface area contributed by atoms with Crippen molar-refractivity contribution in [3.63, 3.8) is 0 Å². The van der Waals surface area contributed by atoms with Crippen molar-refractivity contribution in [1.82, 2.24) is 9.97 Å². The van der Waals surface area contributed by atoms with Crippen LogP contribution in [-0.4, -0.2) is 23.2 Å². The standard InChI is InChI=1S/C28H42N2O2/c1-5-6-7-8-9-12-21-32-28-29-20-18-26(30-28)25-16-10-11-17-27(25)31-22-19-24(4)15-13-14-23(2)3/h10-11,14,16-18,20,24H,5-9,12-13,15,19,21-22H2,1-4H3/t24-/m0/s1. The molecule has 176 valence electrons. The molecule has 0 aliphatic rings. The fourth-order valence-corrected chi connectivity index (χ4v) is 3.58. The van der Waals surface area contributed by atoms with Gasteiger partial charge in [-0.25, -0.2) is 4.98 Å². The highest BCUT2D eigenvalue weighted by Crippen LogP contribution is 2.29. The number of nitrogens with zero attached hydrogens (tertiary/aromatic N) is 2. The Morgan fingerprint density at radius 1 is 0.938 bits per heavy atom. The molecule has 0 unspecified atom stereocenters. The highest BCUT2D eigenvalue weighted by Gasteiger charge is 2.10. The molecule has 2 aromatic rings. The molecule has 4 heteroatoms. The van der Waals surface area contributed by atoms with Gasteiger partial charge in [0.05, 0.1) is 18.9 Å². The van der Waals surface area contributed by atoms with E-state index in [1.807, 2.05) is 30.3 Å². The maximum Gasteiger partial charge on any atom is 0.316 e. The van der Waals surface area contributed by atoms with Crippen LogP contribution >= 0.6 is 0 Å². The van der Waals surface area contributed by atoms with E-state index in [1.54, 1.807) is 6.20 Å². The maximum absolute atomic E-state index is 6.16. The summed E-state index contributed by atoms with van der Waals surface area (Å²) in [5, 5.41) is 0. The summed E-state index contributed by atoms with van der Waals surface area (Å²) in [6.45, 7) is 10.2. The van der Waals surface area contributed by atoms with Crippen LogP contribution in [0.5, 0.6) is 11.8 Å². The Morgan fingerprint density at radius 3 is 2.53 bits per heavy atom. The minimum atomic E-state index is 0.443. The Balaban J connectivity index is 1.85. The molecular weight excluding hydrogens is 396 g/mol. The van der Waals surface area contributed by atoms with Gasteiger partial charge in [-0.3, -0.25) is 0 Å². The van der Waals surface area contributed by atoms with E-state index in [4.69, 9.17) is 9.47 Å². The van der Waals surface area contributed by atoms with Gasteiger partial charge in [-0.15, -0.1) is 0 Å². The summed E-state index contributed by atoms with van der Waals surface area (Å²) >= 11 is 0. The van der Waals surface area contributed by atoms with Crippen LogP contribution in [0.25, 0.3) is 11.3 Å². The van der Waals surface area contributed by atoms with Crippen LogP contribution in [0, 0.1) is 5.92 Å². The molecule has 0 spiro atoms. The summed E-state index contributed by atoms with van der Waals surface area (Å²) in [4.78, 5) is 8.92. The van der Waals surface area contributed by atoms with Crippen molar-refractivity contribution in [2.24, 2.45) is 5.92 Å². The van der Waals surface area contributed by atoms with Crippen molar-refractivity contribution in [3.05, 3.63) is 48.2 Å². The first-order valence-corrected chi connectivity index (χ1v) is 12.4. The van der Waals surface area contributed by atoms with Gasteiger partial charge in [-0.2, -0.15) is 4.98 Å². The Hall–Kier alpha value is -2.36. The summed E-state index contributed by atoms with van der Waals surface area (Å²) in [6, 6.07) is 10.5. The summed E-state index contributed by atoms with van der Waals surface area (Å²) in [6.07, 6.45) is 14.9. The number of allylic oxidation sites excluding steroid dienone is 2. The van der Waals surface area contributed by atoms with Crippen LogP contribution in [0.4, 0.5) is 0 Å². The number of unbranched alkanes of at least 4 members (excludes halogenated alkanes) is 5. The second kappa shape index (κ2) is 15.4. The predicted molar refractivity (Wildman–Crippen MR) is 134 cm³/mol. The molecular formula is C28H42N2O2. The van der Waals surface area contributed by atoms with Crippen LogP contribution in [0.2, 0.25) is 0 Å². The molecule has 0 fully saturated rings. The number of ether oxygens (including phenoxy) is 2. The zero-order valence-corrected chi connectivity index (χ0v) is 20.6. The molecule has 0 saturated carbocycles. The Bertz CT molecular complexity index is 800. The molecule has 0 amide bonds. The van der Waals surface area contributed by atoms with E-state index in [0.717, 1.165) is 36.3 Å². The molecule has 1 aromatic carbocycles. The van der Waals surface area contributed by atoms with E-state index < -0.39 is 0 Å². The maximum atomic E-state index is 6.16. The van der Waals surface area contributed by atoms with Crippen LogP contribution in [0.1, 0.15) is 85.5 Å². The highest BCUT2D eigenvalue weighted by atomic mass is 16.5. The number of rotatable bonds is 16. The lowest BCUT2D eigenvalue weighted by atomic mass is 10.0. The van der Waals surface area contributed by atoms with E-state index in [-0.39, 0.29) is 0 Å². The van der Waals surface area contributed by atoms with E-state index in [2.05, 4.69) is 43.7 Å². The van der Waals surface area contributed by atoms with Crippen LogP contribution in [0.3, 0.4) is 0 Å². The zero-order valence-electron chi connectivity index (χ0n) is 20.6. The van der Waals surface area contributed by atoms with E-state index >= 15 is 0 Å². The van der Waals surface area contributed by atoms with Gasteiger partial charge in [0.2, 0.25) is 0 Å². The van der Waals surface area contributed by atoms with Crippen molar-refractivity contribution in [2.75, 3.05) is 13.2 Å². The third-order valence-corrected chi connectivity index (χ3v) is 5.61. The van der Waals surface area contributed by atoms with Crippen LogP contribution in [-0.2, 0) is 0 Å². The van der Waals surface area contributed by atoms with Gasteiger partial charge in [0.25, 0.3) is 0 Å². The van der Waals surface area contributed by atoms with Gasteiger partial charge >= 0.3 is 6.01 Å². The number of aromatic nitrogens is 2. The highest BCUT2D eigenvalue weighted by molar-refractivity contribution is 5.66. The normalized spacial score (nSPS) is 11.8. The molecule has 1 heterocycles. The third-order valence-electron chi connectivity index (χ3n) is 5.61. The minimum Gasteiger partial charge on any atom is -0.493 e. The van der Waals surface area contributed by atoms with Crippen molar-refractivity contribution in [2.45, 2.75) is 85.5 Å². The van der Waals surface area contributed by atoms with E-state index in [1.165, 1.54) is 44.1 Å². The molecule has 1 aromatic heterocycles. The molecule has 0 aliphatic carbocycles. The van der Waals surface area contributed by atoms with Gasteiger partial charge in [0, 0.05) is 11.8 Å². The second-order valence-corrected chi connectivity index (χ2v) is 8.94. The summed E-state index contributed by atoms with van der Waals surface area (Å²) in [7, 11) is 0. The smallest absolute Gasteiger partial charge is 0.316 e. The predicted octanol–water partition coefficient (Wildman–Crippen LogP) is 8.03. The first-order chi connectivity index (χ1) is 15.6. The van der Waals surface area contributed by atoms with Crippen molar-refractivity contribution < 1.29 is 9.47 Å². The van der Waals surface area contributed by atoms with Gasteiger partial charge in [-0.05, 0) is 63.6 Å². The number of hydrogen-bond acceptors (Lipinski definition) is 4. The van der Waals surface area contributed by atoms with E-state index in [0.29, 0.717) is 25.1 Å². The quantitative estimate of drug-likeness (QED) is 0.196. The van der Waals surface area contributed by atoms with Crippen molar-refractivity contribution in [1.29, 1.82) is 0 Å². The molecule has 0 aliphatic heterocycles. The summed E-state index contributed by atoms with van der Waals surface area (Å²) in [5.41, 5.74) is 3.21. The first kappa shape index (κ1) is 25.9.